The van der Waals surface area contributed by atoms with Crippen molar-refractivity contribution in [3.05, 3.63) is 0 Å². The Morgan fingerprint density at radius 3 is 2.73 bits per heavy atom. The van der Waals surface area contributed by atoms with Crippen LogP contribution in [0.15, 0.2) is 0 Å². The molecule has 2 atom stereocenters. The summed E-state index contributed by atoms with van der Waals surface area (Å²) in [7, 11) is 0. The predicted octanol–water partition coefficient (Wildman–Crippen LogP) is 1.29. The van der Waals surface area contributed by atoms with Gasteiger partial charge in [-0.1, -0.05) is 19.8 Å². The fourth-order valence-electron chi connectivity index (χ4n) is 1.68. The second kappa shape index (κ2) is 4.73. The molecule has 11 heavy (non-hydrogen) atoms. The van der Waals surface area contributed by atoms with Crippen molar-refractivity contribution in [2.45, 2.75) is 51.2 Å². The smallest absolute Gasteiger partial charge is 0.0693 e. The van der Waals surface area contributed by atoms with Crippen molar-refractivity contribution in [3.8, 4) is 0 Å². The minimum absolute atomic E-state index is 0.0877. The van der Waals surface area contributed by atoms with E-state index in [1.165, 1.54) is 12.8 Å². The van der Waals surface area contributed by atoms with E-state index < -0.39 is 0 Å². The fourth-order valence-corrected chi connectivity index (χ4v) is 1.68. The Hall–Kier alpha value is -0.0800. The molecule has 1 aliphatic carbocycles. The van der Waals surface area contributed by atoms with E-state index in [1.807, 2.05) is 0 Å². The highest BCUT2D eigenvalue weighted by Gasteiger charge is 2.21. The average molecular weight is 157 g/mol. The summed E-state index contributed by atoms with van der Waals surface area (Å²) in [6.45, 7) is 3.20. The van der Waals surface area contributed by atoms with Crippen molar-refractivity contribution in [2.75, 3.05) is 6.54 Å². The molecule has 1 fully saturated rings. The van der Waals surface area contributed by atoms with E-state index in [-0.39, 0.29) is 6.10 Å². The van der Waals surface area contributed by atoms with Crippen LogP contribution in [0.2, 0.25) is 0 Å². The van der Waals surface area contributed by atoms with Crippen molar-refractivity contribution in [1.29, 1.82) is 0 Å². The molecule has 1 aliphatic rings. The topological polar surface area (TPSA) is 32.3 Å². The van der Waals surface area contributed by atoms with Crippen molar-refractivity contribution >= 4 is 0 Å². The molecule has 1 saturated carbocycles. The molecular formula is C9H19NO. The zero-order valence-corrected chi connectivity index (χ0v) is 7.34. The number of aliphatic hydroxyl groups is 1. The van der Waals surface area contributed by atoms with Gasteiger partial charge in [-0.25, -0.2) is 0 Å². The van der Waals surface area contributed by atoms with Crippen LogP contribution >= 0.6 is 0 Å². The van der Waals surface area contributed by atoms with Gasteiger partial charge < -0.3 is 10.4 Å². The normalized spacial score (nSPS) is 32.2. The quantitative estimate of drug-likeness (QED) is 0.647. The lowest BCUT2D eigenvalue weighted by Gasteiger charge is -2.28. The summed E-state index contributed by atoms with van der Waals surface area (Å²) in [5.41, 5.74) is 0. The molecule has 0 aromatic carbocycles. The molecule has 0 aliphatic heterocycles. The summed E-state index contributed by atoms with van der Waals surface area (Å²) in [6.07, 6.45) is 5.69. The zero-order valence-electron chi connectivity index (χ0n) is 7.34. The summed E-state index contributed by atoms with van der Waals surface area (Å²) in [5, 5.41) is 12.9. The van der Waals surface area contributed by atoms with Crippen LogP contribution in [0.5, 0.6) is 0 Å². The monoisotopic (exact) mass is 157 g/mol. The van der Waals surface area contributed by atoms with Crippen LogP contribution < -0.4 is 5.32 Å². The van der Waals surface area contributed by atoms with E-state index in [1.54, 1.807) is 0 Å². The van der Waals surface area contributed by atoms with Crippen LogP contribution in [-0.4, -0.2) is 23.8 Å². The molecule has 0 unspecified atom stereocenters. The van der Waals surface area contributed by atoms with Gasteiger partial charge in [-0.3, -0.25) is 0 Å². The maximum atomic E-state index is 9.53. The van der Waals surface area contributed by atoms with Gasteiger partial charge in [0.2, 0.25) is 0 Å². The first-order chi connectivity index (χ1) is 5.34. The molecule has 2 nitrogen and oxygen atoms in total. The Balaban J connectivity index is 2.18. The van der Waals surface area contributed by atoms with Crippen LogP contribution in [0.3, 0.4) is 0 Å². The Bertz CT molecular complexity index is 106. The highest BCUT2D eigenvalue weighted by atomic mass is 16.3. The molecule has 66 valence electrons. The highest BCUT2D eigenvalue weighted by Crippen LogP contribution is 2.17. The summed E-state index contributed by atoms with van der Waals surface area (Å²) >= 11 is 0. The molecule has 0 amide bonds. The van der Waals surface area contributed by atoms with Crippen LogP contribution in [-0.2, 0) is 0 Å². The summed E-state index contributed by atoms with van der Waals surface area (Å²) in [4.78, 5) is 0. The first-order valence-electron chi connectivity index (χ1n) is 4.76. The maximum Gasteiger partial charge on any atom is 0.0693 e. The van der Waals surface area contributed by atoms with Gasteiger partial charge in [-0.05, 0) is 25.8 Å². The van der Waals surface area contributed by atoms with Crippen LogP contribution in [0, 0.1) is 0 Å². The third kappa shape index (κ3) is 2.80. The average Bonchev–Trinajstić information content (AvgIpc) is 2.03. The second-order valence-electron chi connectivity index (χ2n) is 3.41. The number of aliphatic hydroxyl groups excluding tert-OH is 1. The maximum absolute atomic E-state index is 9.53. The van der Waals surface area contributed by atoms with Crippen LogP contribution in [0.25, 0.3) is 0 Å². The Morgan fingerprint density at radius 1 is 1.36 bits per heavy atom. The van der Waals surface area contributed by atoms with Crippen LogP contribution in [0.4, 0.5) is 0 Å². The zero-order chi connectivity index (χ0) is 8.10. The Labute approximate surface area is 69.0 Å². The SMILES string of the molecule is CCCN[C@H]1CCCC[C@@H]1O. The minimum atomic E-state index is -0.0877. The summed E-state index contributed by atoms with van der Waals surface area (Å²) < 4.78 is 0. The molecule has 0 bridgehead atoms. The lowest BCUT2D eigenvalue weighted by atomic mass is 9.92. The molecule has 0 aromatic heterocycles. The van der Waals surface area contributed by atoms with Gasteiger partial charge in [0.25, 0.3) is 0 Å². The molecule has 0 saturated heterocycles. The largest absolute Gasteiger partial charge is 0.392 e. The fraction of sp³-hybridized carbons (Fsp3) is 1.00. The third-order valence-electron chi connectivity index (χ3n) is 2.39. The summed E-state index contributed by atoms with van der Waals surface area (Å²) in [5.74, 6) is 0. The van der Waals surface area contributed by atoms with Gasteiger partial charge in [-0.15, -0.1) is 0 Å². The van der Waals surface area contributed by atoms with Gasteiger partial charge in [0.15, 0.2) is 0 Å². The highest BCUT2D eigenvalue weighted by molar-refractivity contribution is 4.79. The number of hydrogen-bond donors (Lipinski definition) is 2. The molecule has 1 rings (SSSR count). The van der Waals surface area contributed by atoms with Crippen molar-refractivity contribution < 1.29 is 5.11 Å². The molecule has 2 heteroatoms. The lowest BCUT2D eigenvalue weighted by Crippen LogP contribution is -2.42. The van der Waals surface area contributed by atoms with Crippen molar-refractivity contribution in [2.24, 2.45) is 0 Å². The van der Waals surface area contributed by atoms with Crippen molar-refractivity contribution in [3.63, 3.8) is 0 Å². The molecule has 0 spiro atoms. The van der Waals surface area contributed by atoms with Gasteiger partial charge in [0.1, 0.15) is 0 Å². The van der Waals surface area contributed by atoms with E-state index in [0.29, 0.717) is 6.04 Å². The first kappa shape index (κ1) is 9.01. The van der Waals surface area contributed by atoms with Gasteiger partial charge >= 0.3 is 0 Å². The minimum Gasteiger partial charge on any atom is -0.392 e. The van der Waals surface area contributed by atoms with E-state index in [2.05, 4.69) is 12.2 Å². The third-order valence-corrected chi connectivity index (χ3v) is 2.39. The molecule has 0 heterocycles. The van der Waals surface area contributed by atoms with Crippen molar-refractivity contribution in [1.82, 2.24) is 5.32 Å². The molecule has 0 radical (unpaired) electrons. The van der Waals surface area contributed by atoms with E-state index in [4.69, 9.17) is 0 Å². The lowest BCUT2D eigenvalue weighted by molar-refractivity contribution is 0.0912. The molecular weight excluding hydrogens is 138 g/mol. The molecule has 0 aromatic rings. The predicted molar refractivity (Wildman–Crippen MR) is 46.6 cm³/mol. The van der Waals surface area contributed by atoms with E-state index in [9.17, 15) is 5.11 Å². The standard InChI is InChI=1S/C9H19NO/c1-2-7-10-8-5-3-4-6-9(8)11/h8-11H,2-7H2,1H3/t8-,9-/m0/s1. The molecule has 2 N–H and O–H groups in total. The Morgan fingerprint density at radius 2 is 2.09 bits per heavy atom. The Kier molecular flexibility index (Phi) is 3.87. The van der Waals surface area contributed by atoms with E-state index >= 15 is 0 Å². The van der Waals surface area contributed by atoms with E-state index in [0.717, 1.165) is 25.8 Å². The van der Waals surface area contributed by atoms with Crippen LogP contribution in [0.1, 0.15) is 39.0 Å². The van der Waals surface area contributed by atoms with Gasteiger partial charge in [0, 0.05) is 6.04 Å². The second-order valence-corrected chi connectivity index (χ2v) is 3.41. The van der Waals surface area contributed by atoms with Gasteiger partial charge in [-0.2, -0.15) is 0 Å². The first-order valence-corrected chi connectivity index (χ1v) is 4.76. The number of rotatable bonds is 3. The van der Waals surface area contributed by atoms with Gasteiger partial charge in [0.05, 0.1) is 6.10 Å². The summed E-state index contributed by atoms with van der Waals surface area (Å²) in [6, 6.07) is 0.378. The number of hydrogen-bond acceptors (Lipinski definition) is 2. The number of nitrogens with one attached hydrogen (secondary N) is 1.